The lowest BCUT2D eigenvalue weighted by molar-refractivity contribution is -0.132. The molecule has 0 bridgehead atoms. The second-order valence-electron chi connectivity index (χ2n) is 6.73. The maximum atomic E-state index is 13.4. The van der Waals surface area contributed by atoms with Crippen molar-refractivity contribution < 1.29 is 9.18 Å². The van der Waals surface area contributed by atoms with Gasteiger partial charge in [-0.25, -0.2) is 4.39 Å². The number of carbonyl (C=O) groups excluding carboxylic acids is 1. The summed E-state index contributed by atoms with van der Waals surface area (Å²) < 4.78 is 13.4. The summed E-state index contributed by atoms with van der Waals surface area (Å²) in [5.41, 5.74) is 6.36. The molecule has 0 unspecified atom stereocenters. The Morgan fingerprint density at radius 3 is 2.48 bits per heavy atom. The monoisotopic (exact) mass is 323 g/mol. The largest absolute Gasteiger partial charge is 0.342 e. The second kappa shape index (κ2) is 8.99. The molecule has 130 valence electrons. The smallest absolute Gasteiger partial charge is 0.236 e. The number of aryl methyl sites for hydroxylation is 1. The number of piperidine rings is 1. The number of hydrogen-bond acceptors (Lipinski definition) is 3. The Balaban J connectivity index is 0.00000127. The topological polar surface area (TPSA) is 58.4 Å². The normalized spacial score (nSPS) is 16.5. The minimum Gasteiger partial charge on any atom is -0.342 e. The van der Waals surface area contributed by atoms with E-state index in [1.54, 1.807) is 13.0 Å². The number of benzene rings is 1. The van der Waals surface area contributed by atoms with Gasteiger partial charge in [-0.3, -0.25) is 4.79 Å². The predicted octanol–water partition coefficient (Wildman–Crippen LogP) is 2.45. The predicted molar refractivity (Wildman–Crippen MR) is 92.6 cm³/mol. The molecule has 3 N–H and O–H groups in total. The molecule has 1 aromatic carbocycles. The number of nitrogens with zero attached hydrogens (tertiary/aromatic N) is 1. The van der Waals surface area contributed by atoms with Crippen LogP contribution in [0, 0.1) is 18.2 Å². The van der Waals surface area contributed by atoms with E-state index in [1.165, 1.54) is 13.1 Å². The summed E-state index contributed by atoms with van der Waals surface area (Å²) >= 11 is 0. The number of nitrogens with one attached hydrogen (secondary N) is 1. The Kier molecular flexibility index (Phi) is 7.65. The standard InChI is InChI=1S/C17H25FN2O.CH5N/c1-13-4-5-14(10-15(13)18)11-19-12-16(21)20-8-6-17(2,3)7-9-20;1-2/h4-5,10,19H,6-9,11-12H2,1-3H3;2H2,1H3. The van der Waals surface area contributed by atoms with Crippen molar-refractivity contribution in [1.29, 1.82) is 0 Å². The van der Waals surface area contributed by atoms with E-state index in [2.05, 4.69) is 24.9 Å². The van der Waals surface area contributed by atoms with Crippen molar-refractivity contribution in [2.45, 2.75) is 40.2 Å². The van der Waals surface area contributed by atoms with Crippen molar-refractivity contribution in [2.24, 2.45) is 11.1 Å². The van der Waals surface area contributed by atoms with Gasteiger partial charge >= 0.3 is 0 Å². The zero-order valence-electron chi connectivity index (χ0n) is 14.8. The zero-order valence-corrected chi connectivity index (χ0v) is 14.8. The van der Waals surface area contributed by atoms with Gasteiger partial charge < -0.3 is 16.0 Å². The fraction of sp³-hybridized carbons (Fsp3) is 0.611. The molecule has 1 saturated heterocycles. The number of likely N-dealkylation sites (tertiary alicyclic amines) is 1. The average Bonchev–Trinajstić information content (AvgIpc) is 2.52. The van der Waals surface area contributed by atoms with Gasteiger partial charge in [0.25, 0.3) is 0 Å². The molecule has 0 radical (unpaired) electrons. The summed E-state index contributed by atoms with van der Waals surface area (Å²) in [5.74, 6) is -0.0584. The quantitative estimate of drug-likeness (QED) is 0.895. The number of halogens is 1. The van der Waals surface area contributed by atoms with Crippen LogP contribution in [0.4, 0.5) is 4.39 Å². The summed E-state index contributed by atoms with van der Waals surface area (Å²) in [4.78, 5) is 14.0. The molecule has 1 aliphatic rings. The molecule has 1 heterocycles. The molecular formula is C18H30FN3O. The van der Waals surface area contributed by atoms with Gasteiger partial charge in [0.1, 0.15) is 5.82 Å². The molecule has 5 heteroatoms. The molecule has 23 heavy (non-hydrogen) atoms. The summed E-state index contributed by atoms with van der Waals surface area (Å²) in [6.45, 7) is 8.75. The van der Waals surface area contributed by atoms with E-state index in [-0.39, 0.29) is 11.7 Å². The maximum Gasteiger partial charge on any atom is 0.236 e. The van der Waals surface area contributed by atoms with E-state index in [1.807, 2.05) is 11.0 Å². The molecule has 2 rings (SSSR count). The van der Waals surface area contributed by atoms with Crippen LogP contribution in [0.15, 0.2) is 18.2 Å². The molecule has 1 aliphatic heterocycles. The lowest BCUT2D eigenvalue weighted by Gasteiger charge is -2.37. The molecule has 0 atom stereocenters. The van der Waals surface area contributed by atoms with Crippen LogP contribution in [0.2, 0.25) is 0 Å². The Bertz CT molecular complexity index is 507. The summed E-state index contributed by atoms with van der Waals surface area (Å²) in [7, 11) is 1.50. The van der Waals surface area contributed by atoms with Gasteiger partial charge in [0.2, 0.25) is 5.91 Å². The van der Waals surface area contributed by atoms with Gasteiger partial charge in [0, 0.05) is 19.6 Å². The van der Waals surface area contributed by atoms with Crippen molar-refractivity contribution in [2.75, 3.05) is 26.7 Å². The number of rotatable bonds is 4. The molecule has 4 nitrogen and oxygen atoms in total. The summed E-state index contributed by atoms with van der Waals surface area (Å²) in [6, 6.07) is 5.18. The van der Waals surface area contributed by atoms with Gasteiger partial charge in [-0.05, 0) is 49.4 Å². The van der Waals surface area contributed by atoms with Crippen LogP contribution in [0.3, 0.4) is 0 Å². The number of hydrogen-bond donors (Lipinski definition) is 2. The van der Waals surface area contributed by atoms with Crippen LogP contribution in [-0.2, 0) is 11.3 Å². The van der Waals surface area contributed by atoms with Crippen LogP contribution < -0.4 is 11.1 Å². The molecule has 0 spiro atoms. The van der Waals surface area contributed by atoms with E-state index in [0.717, 1.165) is 31.5 Å². The Labute approximate surface area is 139 Å². The molecule has 1 fully saturated rings. The van der Waals surface area contributed by atoms with E-state index in [9.17, 15) is 9.18 Å². The first-order valence-electron chi connectivity index (χ1n) is 8.19. The third-order valence-corrected chi connectivity index (χ3v) is 4.31. The fourth-order valence-electron chi connectivity index (χ4n) is 2.53. The zero-order chi connectivity index (χ0) is 17.5. The summed E-state index contributed by atoms with van der Waals surface area (Å²) in [5, 5.41) is 3.11. The summed E-state index contributed by atoms with van der Waals surface area (Å²) in [6.07, 6.45) is 2.11. The van der Waals surface area contributed by atoms with Crippen molar-refractivity contribution in [3.8, 4) is 0 Å². The maximum absolute atomic E-state index is 13.4. The average molecular weight is 323 g/mol. The first kappa shape index (κ1) is 19.6. The van der Waals surface area contributed by atoms with E-state index in [0.29, 0.717) is 24.1 Å². The molecule has 0 aliphatic carbocycles. The van der Waals surface area contributed by atoms with Crippen LogP contribution in [0.1, 0.15) is 37.8 Å². The van der Waals surface area contributed by atoms with Crippen molar-refractivity contribution in [3.63, 3.8) is 0 Å². The number of nitrogens with two attached hydrogens (primary N) is 1. The van der Waals surface area contributed by atoms with Crippen LogP contribution in [-0.4, -0.2) is 37.5 Å². The third-order valence-electron chi connectivity index (χ3n) is 4.31. The van der Waals surface area contributed by atoms with Gasteiger partial charge in [-0.2, -0.15) is 0 Å². The molecule has 1 aromatic rings. The lowest BCUT2D eigenvalue weighted by atomic mass is 9.83. The van der Waals surface area contributed by atoms with E-state index in [4.69, 9.17) is 0 Å². The third kappa shape index (κ3) is 6.28. The van der Waals surface area contributed by atoms with Gasteiger partial charge in [-0.1, -0.05) is 26.0 Å². The first-order valence-corrected chi connectivity index (χ1v) is 8.19. The lowest BCUT2D eigenvalue weighted by Crippen LogP contribution is -2.44. The highest BCUT2D eigenvalue weighted by atomic mass is 19.1. The Morgan fingerprint density at radius 1 is 1.30 bits per heavy atom. The molecule has 0 saturated carbocycles. The van der Waals surface area contributed by atoms with E-state index >= 15 is 0 Å². The molecular weight excluding hydrogens is 293 g/mol. The Hall–Kier alpha value is -1.46. The first-order chi connectivity index (χ1) is 10.9. The highest BCUT2D eigenvalue weighted by molar-refractivity contribution is 5.78. The minimum atomic E-state index is -0.195. The number of carbonyl (C=O) groups is 1. The number of amides is 1. The van der Waals surface area contributed by atoms with Crippen molar-refractivity contribution >= 4 is 5.91 Å². The van der Waals surface area contributed by atoms with Crippen LogP contribution in [0.25, 0.3) is 0 Å². The van der Waals surface area contributed by atoms with Gasteiger partial charge in [0.05, 0.1) is 6.54 Å². The second-order valence-corrected chi connectivity index (χ2v) is 6.73. The minimum absolute atomic E-state index is 0.137. The Morgan fingerprint density at radius 2 is 1.91 bits per heavy atom. The van der Waals surface area contributed by atoms with Crippen molar-refractivity contribution in [1.82, 2.24) is 10.2 Å². The van der Waals surface area contributed by atoms with Crippen molar-refractivity contribution in [3.05, 3.63) is 35.1 Å². The van der Waals surface area contributed by atoms with E-state index < -0.39 is 0 Å². The van der Waals surface area contributed by atoms with Gasteiger partial charge in [-0.15, -0.1) is 0 Å². The fourth-order valence-corrected chi connectivity index (χ4v) is 2.53. The van der Waals surface area contributed by atoms with Gasteiger partial charge in [0.15, 0.2) is 0 Å². The van der Waals surface area contributed by atoms with Crippen LogP contribution >= 0.6 is 0 Å². The SMILES string of the molecule is CN.Cc1ccc(CNCC(=O)N2CCC(C)(C)CC2)cc1F. The highest BCUT2D eigenvalue weighted by Crippen LogP contribution is 2.29. The molecule has 0 aromatic heterocycles. The highest BCUT2D eigenvalue weighted by Gasteiger charge is 2.27. The van der Waals surface area contributed by atoms with Crippen LogP contribution in [0.5, 0.6) is 0 Å². The molecule has 1 amide bonds.